The number of allylic oxidation sites excluding steroid dienone is 2. The maximum Gasteiger partial charge on any atom is 0.165 e. The second kappa shape index (κ2) is 5.12. The monoisotopic (exact) mass is 273 g/mol. The van der Waals surface area contributed by atoms with Crippen molar-refractivity contribution in [1.82, 2.24) is 0 Å². The van der Waals surface area contributed by atoms with Crippen molar-refractivity contribution in [3.8, 4) is 5.75 Å². The Labute approximate surface area is 118 Å². The average Bonchev–Trinajstić information content (AvgIpc) is 2.29. The van der Waals surface area contributed by atoms with Gasteiger partial charge in [0.05, 0.1) is 11.3 Å². The Hall–Kier alpha value is -2.10. The summed E-state index contributed by atoms with van der Waals surface area (Å²) in [4.78, 5) is 16.1. The molecule has 0 spiro atoms. The third-order valence-electron chi connectivity index (χ3n) is 3.36. The highest BCUT2D eigenvalue weighted by molar-refractivity contribution is 6.23. The molecular weight excluding hydrogens is 254 g/mol. The van der Waals surface area contributed by atoms with Crippen LogP contribution in [-0.2, 0) is 4.79 Å². The quantitative estimate of drug-likeness (QED) is 0.863. The first-order valence-electron chi connectivity index (χ1n) is 6.59. The Morgan fingerprint density at radius 1 is 1.20 bits per heavy atom. The summed E-state index contributed by atoms with van der Waals surface area (Å²) in [6.45, 7) is 5.45. The van der Waals surface area contributed by atoms with Crippen LogP contribution in [0.5, 0.6) is 5.75 Å². The number of phenolic OH excluding ortho intramolecular Hbond substituents is 1. The normalized spacial score (nSPS) is 20.2. The number of aliphatic imine (C=N–C) groups is 1. The highest BCUT2D eigenvalue weighted by Crippen LogP contribution is 2.38. The number of ketones is 1. The minimum Gasteiger partial charge on any atom is -0.511 e. The summed E-state index contributed by atoms with van der Waals surface area (Å²) in [5, 5.41) is 19.9. The van der Waals surface area contributed by atoms with E-state index in [0.29, 0.717) is 24.2 Å². The number of aliphatic hydroxyl groups is 1. The Morgan fingerprint density at radius 2 is 1.85 bits per heavy atom. The van der Waals surface area contributed by atoms with Crippen LogP contribution in [0.3, 0.4) is 0 Å². The largest absolute Gasteiger partial charge is 0.511 e. The van der Waals surface area contributed by atoms with Crippen molar-refractivity contribution in [1.29, 1.82) is 0 Å². The fourth-order valence-corrected chi connectivity index (χ4v) is 2.52. The van der Waals surface area contributed by atoms with Gasteiger partial charge in [-0.25, -0.2) is 4.99 Å². The second-order valence-corrected chi connectivity index (χ2v) is 5.94. The van der Waals surface area contributed by atoms with Crippen molar-refractivity contribution >= 4 is 17.2 Å². The molecule has 0 bridgehead atoms. The molecule has 0 aromatic heterocycles. The van der Waals surface area contributed by atoms with Gasteiger partial charge in [-0.15, -0.1) is 0 Å². The molecule has 1 aliphatic rings. The second-order valence-electron chi connectivity index (χ2n) is 5.94. The lowest BCUT2D eigenvalue weighted by Crippen LogP contribution is -2.28. The molecule has 0 radical (unpaired) electrons. The first-order chi connectivity index (χ1) is 9.30. The van der Waals surface area contributed by atoms with Crippen LogP contribution in [0.25, 0.3) is 0 Å². The SMILES string of the molecule is CC(=O)C1=C(O)CC(C)(C)CC1=Nc1ccccc1O. The summed E-state index contributed by atoms with van der Waals surface area (Å²) in [6.07, 6.45) is 1.04. The predicted octanol–water partition coefficient (Wildman–Crippen LogP) is 3.69. The summed E-state index contributed by atoms with van der Waals surface area (Å²) in [7, 11) is 0. The first kappa shape index (κ1) is 14.3. The van der Waals surface area contributed by atoms with Crippen LogP contribution in [0.2, 0.25) is 0 Å². The van der Waals surface area contributed by atoms with E-state index in [-0.39, 0.29) is 28.3 Å². The summed E-state index contributed by atoms with van der Waals surface area (Å²) in [5.41, 5.74) is 1.07. The lowest BCUT2D eigenvalue weighted by Gasteiger charge is -2.31. The highest BCUT2D eigenvalue weighted by atomic mass is 16.3. The van der Waals surface area contributed by atoms with Gasteiger partial charge in [0, 0.05) is 6.42 Å². The van der Waals surface area contributed by atoms with Crippen molar-refractivity contribution < 1.29 is 15.0 Å². The van der Waals surface area contributed by atoms with E-state index in [1.165, 1.54) is 6.92 Å². The van der Waals surface area contributed by atoms with Gasteiger partial charge in [-0.2, -0.15) is 0 Å². The summed E-state index contributed by atoms with van der Waals surface area (Å²) < 4.78 is 0. The summed E-state index contributed by atoms with van der Waals surface area (Å²) in [5.74, 6) is -0.0548. The number of rotatable bonds is 2. The smallest absolute Gasteiger partial charge is 0.165 e. The number of carbonyl (C=O) groups excluding carboxylic acids is 1. The van der Waals surface area contributed by atoms with Crippen LogP contribution in [0.15, 0.2) is 40.6 Å². The number of hydrogen-bond donors (Lipinski definition) is 2. The number of benzene rings is 1. The van der Waals surface area contributed by atoms with Crippen LogP contribution >= 0.6 is 0 Å². The molecule has 0 heterocycles. The number of Topliss-reactive ketones (excluding diaryl/α,β-unsaturated/α-hetero) is 1. The van der Waals surface area contributed by atoms with Crippen molar-refractivity contribution in [2.24, 2.45) is 10.4 Å². The molecule has 0 fully saturated rings. The third kappa shape index (κ3) is 2.90. The van der Waals surface area contributed by atoms with Crippen LogP contribution in [0, 0.1) is 5.41 Å². The van der Waals surface area contributed by atoms with Gasteiger partial charge in [0.1, 0.15) is 17.2 Å². The van der Waals surface area contributed by atoms with E-state index in [9.17, 15) is 15.0 Å². The van der Waals surface area contributed by atoms with Crippen LogP contribution < -0.4 is 0 Å². The van der Waals surface area contributed by atoms with Gasteiger partial charge < -0.3 is 10.2 Å². The zero-order valence-corrected chi connectivity index (χ0v) is 12.0. The van der Waals surface area contributed by atoms with Crippen molar-refractivity contribution in [2.45, 2.75) is 33.6 Å². The fraction of sp³-hybridized carbons (Fsp3) is 0.375. The molecule has 4 heteroatoms. The Kier molecular flexibility index (Phi) is 3.66. The molecule has 1 aliphatic carbocycles. The van der Waals surface area contributed by atoms with Crippen LogP contribution in [0.4, 0.5) is 5.69 Å². The van der Waals surface area contributed by atoms with E-state index in [2.05, 4.69) is 4.99 Å². The van der Waals surface area contributed by atoms with Gasteiger partial charge in [-0.3, -0.25) is 4.79 Å². The molecule has 0 saturated carbocycles. The minimum absolute atomic E-state index is 0.0609. The standard InChI is InChI=1S/C16H19NO3/c1-10(18)15-12(8-16(2,3)9-14(15)20)17-11-6-4-5-7-13(11)19/h4-7,19-20H,8-9H2,1-3H3. The van der Waals surface area contributed by atoms with Gasteiger partial charge in [0.15, 0.2) is 5.78 Å². The Balaban J connectivity index is 2.55. The number of carbonyl (C=O) groups is 1. The molecule has 0 unspecified atom stereocenters. The molecular formula is C16H19NO3. The maximum absolute atomic E-state index is 11.7. The molecule has 2 rings (SSSR count). The van der Waals surface area contributed by atoms with E-state index < -0.39 is 0 Å². The molecule has 1 aromatic carbocycles. The topological polar surface area (TPSA) is 69.9 Å². The Bertz CT molecular complexity index is 612. The van der Waals surface area contributed by atoms with E-state index in [4.69, 9.17) is 0 Å². The van der Waals surface area contributed by atoms with Gasteiger partial charge in [0.25, 0.3) is 0 Å². The molecule has 4 nitrogen and oxygen atoms in total. The van der Waals surface area contributed by atoms with Gasteiger partial charge in [0.2, 0.25) is 0 Å². The van der Waals surface area contributed by atoms with Crippen LogP contribution in [-0.4, -0.2) is 21.7 Å². The number of para-hydroxylation sites is 2. The van der Waals surface area contributed by atoms with Crippen molar-refractivity contribution in [3.05, 3.63) is 35.6 Å². The molecule has 20 heavy (non-hydrogen) atoms. The molecule has 0 aliphatic heterocycles. The Morgan fingerprint density at radius 3 is 2.45 bits per heavy atom. The average molecular weight is 273 g/mol. The summed E-state index contributed by atoms with van der Waals surface area (Å²) in [6, 6.07) is 6.70. The molecule has 106 valence electrons. The van der Waals surface area contributed by atoms with Crippen molar-refractivity contribution in [3.63, 3.8) is 0 Å². The van der Waals surface area contributed by atoms with E-state index in [1.807, 2.05) is 13.8 Å². The highest BCUT2D eigenvalue weighted by Gasteiger charge is 2.33. The van der Waals surface area contributed by atoms with E-state index in [1.54, 1.807) is 24.3 Å². The lowest BCUT2D eigenvalue weighted by molar-refractivity contribution is -0.113. The number of hydrogen-bond acceptors (Lipinski definition) is 4. The van der Waals surface area contributed by atoms with Crippen LogP contribution in [0.1, 0.15) is 33.6 Å². The fourth-order valence-electron chi connectivity index (χ4n) is 2.52. The third-order valence-corrected chi connectivity index (χ3v) is 3.36. The first-order valence-corrected chi connectivity index (χ1v) is 6.59. The van der Waals surface area contributed by atoms with E-state index >= 15 is 0 Å². The predicted molar refractivity (Wildman–Crippen MR) is 78.6 cm³/mol. The van der Waals surface area contributed by atoms with Gasteiger partial charge >= 0.3 is 0 Å². The molecule has 2 N–H and O–H groups in total. The van der Waals surface area contributed by atoms with Crippen molar-refractivity contribution in [2.75, 3.05) is 0 Å². The number of phenols is 1. The molecule has 0 amide bonds. The number of aliphatic hydroxyl groups excluding tert-OH is 1. The summed E-state index contributed by atoms with van der Waals surface area (Å²) >= 11 is 0. The number of nitrogens with zero attached hydrogens (tertiary/aromatic N) is 1. The number of aromatic hydroxyl groups is 1. The molecule has 0 atom stereocenters. The van der Waals surface area contributed by atoms with E-state index in [0.717, 1.165) is 0 Å². The minimum atomic E-state index is -0.202. The lowest BCUT2D eigenvalue weighted by atomic mass is 9.75. The van der Waals surface area contributed by atoms with Gasteiger partial charge in [-0.05, 0) is 30.9 Å². The molecule has 0 saturated heterocycles. The van der Waals surface area contributed by atoms with Gasteiger partial charge in [-0.1, -0.05) is 26.0 Å². The maximum atomic E-state index is 11.7. The zero-order valence-electron chi connectivity index (χ0n) is 12.0. The molecule has 1 aromatic rings. The zero-order chi connectivity index (χ0) is 14.9.